The Balaban J connectivity index is 2.32. The quantitative estimate of drug-likeness (QED) is 0.467. The van der Waals surface area contributed by atoms with Gasteiger partial charge in [-0.15, -0.1) is 0 Å². The van der Waals surface area contributed by atoms with Gasteiger partial charge in [-0.25, -0.2) is 4.79 Å². The molecule has 0 radical (unpaired) electrons. The van der Waals surface area contributed by atoms with E-state index < -0.39 is 11.7 Å². The summed E-state index contributed by atoms with van der Waals surface area (Å²) in [4.78, 5) is 22.3. The van der Waals surface area contributed by atoms with Crippen LogP contribution in [0.5, 0.6) is 0 Å². The van der Waals surface area contributed by atoms with Gasteiger partial charge in [0.05, 0.1) is 0 Å². The number of hydrogen-bond donors (Lipinski definition) is 1. The molecule has 0 unspecified atom stereocenters. The van der Waals surface area contributed by atoms with Crippen LogP contribution < -0.4 is 0 Å². The molecule has 1 aliphatic carbocycles. The Kier molecular flexibility index (Phi) is 2.11. The van der Waals surface area contributed by atoms with E-state index in [4.69, 9.17) is 9.84 Å². The number of allylic oxidation sites excluding steroid dienone is 2. The molecule has 0 spiro atoms. The van der Waals surface area contributed by atoms with Crippen molar-refractivity contribution in [3.05, 3.63) is 23.2 Å². The number of cyclic esters (lactones) is 1. The predicted octanol–water partition coefficient (Wildman–Crippen LogP) is 1.38. The molecule has 0 aromatic carbocycles. The van der Waals surface area contributed by atoms with Crippen LogP contribution in [0.1, 0.15) is 25.7 Å². The average molecular weight is 194 g/mol. The van der Waals surface area contributed by atoms with E-state index in [-0.39, 0.29) is 11.5 Å². The molecule has 1 N–H and O–H groups in total. The molecular weight excluding hydrogens is 184 g/mol. The lowest BCUT2D eigenvalue weighted by Gasteiger charge is -2.13. The maximum atomic E-state index is 11.4. The van der Waals surface area contributed by atoms with Crippen LogP contribution in [0.15, 0.2) is 23.2 Å². The van der Waals surface area contributed by atoms with Crippen LogP contribution >= 0.6 is 0 Å². The molecule has 1 fully saturated rings. The summed E-state index contributed by atoms with van der Waals surface area (Å²) in [5, 5.41) is 9.03. The maximum absolute atomic E-state index is 11.4. The number of aliphatic hydroxyl groups is 1. The summed E-state index contributed by atoms with van der Waals surface area (Å²) in [5.41, 5.74) is 0.536. The predicted molar refractivity (Wildman–Crippen MR) is 47.3 cm³/mol. The average Bonchev–Trinajstić information content (AvgIpc) is 2.48. The highest BCUT2D eigenvalue weighted by Crippen LogP contribution is 2.27. The second-order valence-electron chi connectivity index (χ2n) is 3.39. The van der Waals surface area contributed by atoms with Crippen LogP contribution in [0, 0.1) is 0 Å². The fourth-order valence-electron chi connectivity index (χ4n) is 1.65. The Morgan fingerprint density at radius 3 is 2.50 bits per heavy atom. The second kappa shape index (κ2) is 3.29. The third-order valence-corrected chi connectivity index (χ3v) is 2.39. The van der Waals surface area contributed by atoms with Gasteiger partial charge < -0.3 is 9.84 Å². The molecule has 4 nitrogen and oxygen atoms in total. The minimum Gasteiger partial charge on any atom is -0.502 e. The molecule has 74 valence electrons. The van der Waals surface area contributed by atoms with Gasteiger partial charge >= 0.3 is 5.97 Å². The molecule has 0 amide bonds. The van der Waals surface area contributed by atoms with Crippen LogP contribution in [0.3, 0.4) is 0 Å². The molecule has 0 aromatic rings. The summed E-state index contributed by atoms with van der Waals surface area (Å²) >= 11 is 0. The first kappa shape index (κ1) is 8.99. The maximum Gasteiger partial charge on any atom is 0.378 e. The third kappa shape index (κ3) is 1.43. The molecule has 0 bridgehead atoms. The van der Waals surface area contributed by atoms with Crippen molar-refractivity contribution < 1.29 is 19.4 Å². The number of carbonyl (C=O) groups excluding carboxylic acids is 2. The molecular formula is C10H10O4. The first-order chi connectivity index (χ1) is 6.68. The van der Waals surface area contributed by atoms with Gasteiger partial charge in [-0.3, -0.25) is 4.79 Å². The Labute approximate surface area is 80.9 Å². The van der Waals surface area contributed by atoms with Crippen molar-refractivity contribution >= 4 is 11.8 Å². The highest BCUT2D eigenvalue weighted by Gasteiger charge is 2.27. The van der Waals surface area contributed by atoms with E-state index in [0.717, 1.165) is 12.8 Å². The number of aliphatic hydroxyl groups excluding tert-OH is 1. The molecule has 0 atom stereocenters. The number of carbonyl (C=O) groups is 2. The largest absolute Gasteiger partial charge is 0.502 e. The summed E-state index contributed by atoms with van der Waals surface area (Å²) in [5.74, 6) is -0.945. The summed E-state index contributed by atoms with van der Waals surface area (Å²) in [7, 11) is 0. The highest BCUT2D eigenvalue weighted by atomic mass is 16.6. The van der Waals surface area contributed by atoms with Gasteiger partial charge in [0.2, 0.25) is 5.76 Å². The molecule has 2 rings (SSSR count). The van der Waals surface area contributed by atoms with E-state index >= 15 is 0 Å². The van der Waals surface area contributed by atoms with Gasteiger partial charge in [0.15, 0.2) is 5.78 Å². The van der Waals surface area contributed by atoms with Crippen molar-refractivity contribution in [1.29, 1.82) is 0 Å². The number of Topliss-reactive ketones (excluding diaryl/α,β-unsaturated/α-hetero) is 1. The second-order valence-corrected chi connectivity index (χ2v) is 3.39. The first-order valence-electron chi connectivity index (χ1n) is 4.57. The van der Waals surface area contributed by atoms with E-state index in [2.05, 4.69) is 0 Å². The lowest BCUT2D eigenvalue weighted by atomic mass is 9.92. The SMILES string of the molecule is O=C1O/C(=C2/CCCCC2=O)C=C1O. The van der Waals surface area contributed by atoms with E-state index in [1.165, 1.54) is 6.08 Å². The summed E-state index contributed by atoms with van der Waals surface area (Å²) in [6, 6.07) is 0. The third-order valence-electron chi connectivity index (χ3n) is 2.39. The topological polar surface area (TPSA) is 63.6 Å². The van der Waals surface area contributed by atoms with Gasteiger partial charge in [0.1, 0.15) is 5.76 Å². The van der Waals surface area contributed by atoms with Crippen molar-refractivity contribution in [2.75, 3.05) is 0 Å². The van der Waals surface area contributed by atoms with Crippen molar-refractivity contribution in [3.8, 4) is 0 Å². The zero-order valence-corrected chi connectivity index (χ0v) is 7.58. The smallest absolute Gasteiger partial charge is 0.378 e. The molecule has 0 aromatic heterocycles. The lowest BCUT2D eigenvalue weighted by molar-refractivity contribution is -0.135. The van der Waals surface area contributed by atoms with Crippen LogP contribution in [0.2, 0.25) is 0 Å². The minimum atomic E-state index is -0.772. The molecule has 1 saturated carbocycles. The number of ketones is 1. The number of esters is 1. The monoisotopic (exact) mass is 194 g/mol. The van der Waals surface area contributed by atoms with Gasteiger partial charge in [-0.2, -0.15) is 0 Å². The van der Waals surface area contributed by atoms with Gasteiger partial charge in [0.25, 0.3) is 0 Å². The Morgan fingerprint density at radius 1 is 1.21 bits per heavy atom. The van der Waals surface area contributed by atoms with Gasteiger partial charge in [-0.1, -0.05) is 0 Å². The number of hydrogen-bond acceptors (Lipinski definition) is 4. The van der Waals surface area contributed by atoms with Gasteiger partial charge in [-0.05, 0) is 19.3 Å². The van der Waals surface area contributed by atoms with E-state index in [1.54, 1.807) is 0 Å². The fourth-order valence-corrected chi connectivity index (χ4v) is 1.65. The highest BCUT2D eigenvalue weighted by molar-refractivity contribution is 5.99. The summed E-state index contributed by atoms with van der Waals surface area (Å²) < 4.78 is 4.76. The summed E-state index contributed by atoms with van der Waals surface area (Å²) in [6.45, 7) is 0. The number of ether oxygens (including phenoxy) is 1. The Morgan fingerprint density at radius 2 is 1.93 bits per heavy atom. The normalized spacial score (nSPS) is 27.6. The van der Waals surface area contributed by atoms with E-state index in [0.29, 0.717) is 18.4 Å². The van der Waals surface area contributed by atoms with Crippen LogP contribution in [-0.4, -0.2) is 16.9 Å². The minimum absolute atomic E-state index is 0.0185. The van der Waals surface area contributed by atoms with Crippen molar-refractivity contribution in [2.24, 2.45) is 0 Å². The molecule has 0 saturated heterocycles. The first-order valence-corrected chi connectivity index (χ1v) is 4.57. The van der Waals surface area contributed by atoms with Crippen molar-refractivity contribution in [1.82, 2.24) is 0 Å². The van der Waals surface area contributed by atoms with Gasteiger partial charge in [0, 0.05) is 18.1 Å². The molecule has 1 aliphatic heterocycles. The number of rotatable bonds is 0. The van der Waals surface area contributed by atoms with E-state index in [1.807, 2.05) is 0 Å². The Hall–Kier alpha value is -1.58. The zero-order chi connectivity index (χ0) is 10.1. The van der Waals surface area contributed by atoms with E-state index in [9.17, 15) is 9.59 Å². The standard InChI is InChI=1S/C10H10O4/c11-7-4-2-1-3-6(7)9-5-8(12)10(13)14-9/h5,12H,1-4H2/b9-6-. The van der Waals surface area contributed by atoms with Crippen LogP contribution in [0.25, 0.3) is 0 Å². The Bertz CT molecular complexity index is 362. The van der Waals surface area contributed by atoms with Crippen LogP contribution in [-0.2, 0) is 14.3 Å². The fraction of sp³-hybridized carbons (Fsp3) is 0.400. The molecule has 14 heavy (non-hydrogen) atoms. The molecule has 4 heteroatoms. The summed E-state index contributed by atoms with van der Waals surface area (Å²) in [6.07, 6.45) is 4.17. The molecule has 1 heterocycles. The zero-order valence-electron chi connectivity index (χ0n) is 7.58. The van der Waals surface area contributed by atoms with Crippen LogP contribution in [0.4, 0.5) is 0 Å². The van der Waals surface area contributed by atoms with Crippen molar-refractivity contribution in [2.45, 2.75) is 25.7 Å². The molecule has 2 aliphatic rings. The van der Waals surface area contributed by atoms with Crippen molar-refractivity contribution in [3.63, 3.8) is 0 Å². The lowest BCUT2D eigenvalue weighted by Crippen LogP contribution is -2.11.